The van der Waals surface area contributed by atoms with Crippen LogP contribution in [0.2, 0.25) is 0 Å². The largest absolute Gasteiger partial charge is 0.392 e. The zero-order chi connectivity index (χ0) is 11.5. The van der Waals surface area contributed by atoms with Crippen molar-refractivity contribution >= 4 is 11.8 Å². The molecule has 16 heavy (non-hydrogen) atoms. The van der Waals surface area contributed by atoms with E-state index in [4.69, 9.17) is 0 Å². The number of rotatable bonds is 3. The number of hydrogen-bond donors (Lipinski definition) is 2. The van der Waals surface area contributed by atoms with Crippen molar-refractivity contribution in [3.05, 3.63) is 10.5 Å². The van der Waals surface area contributed by atoms with E-state index in [9.17, 15) is 9.90 Å². The standard InChI is InChI=1S/C10H17N3O2S/c1-2-13-9(15)11-12-10(13)16-8-6-4-3-5-7(8)14/h7-8,14H,2-6H2,1H3,(H,11,15)/t7-,8-/m0/s1. The average molecular weight is 243 g/mol. The zero-order valence-electron chi connectivity index (χ0n) is 9.35. The number of aliphatic hydroxyl groups is 1. The van der Waals surface area contributed by atoms with Crippen LogP contribution in [0.3, 0.4) is 0 Å². The monoisotopic (exact) mass is 243 g/mol. The highest BCUT2D eigenvalue weighted by molar-refractivity contribution is 7.99. The van der Waals surface area contributed by atoms with Crippen molar-refractivity contribution in [3.63, 3.8) is 0 Å². The molecule has 1 fully saturated rings. The molecule has 5 nitrogen and oxygen atoms in total. The van der Waals surface area contributed by atoms with Crippen molar-refractivity contribution in [1.82, 2.24) is 14.8 Å². The zero-order valence-corrected chi connectivity index (χ0v) is 10.2. The Morgan fingerprint density at radius 3 is 3.00 bits per heavy atom. The Morgan fingerprint density at radius 1 is 1.56 bits per heavy atom. The number of hydrogen-bond acceptors (Lipinski definition) is 4. The minimum atomic E-state index is -0.268. The Kier molecular flexibility index (Phi) is 3.70. The van der Waals surface area contributed by atoms with Gasteiger partial charge < -0.3 is 5.11 Å². The van der Waals surface area contributed by atoms with Crippen molar-refractivity contribution in [1.29, 1.82) is 0 Å². The van der Waals surface area contributed by atoms with E-state index in [0.717, 1.165) is 25.7 Å². The normalized spacial score (nSPS) is 25.9. The summed E-state index contributed by atoms with van der Waals surface area (Å²) >= 11 is 1.52. The number of H-pyrrole nitrogens is 1. The van der Waals surface area contributed by atoms with E-state index >= 15 is 0 Å². The maximum Gasteiger partial charge on any atom is 0.343 e. The van der Waals surface area contributed by atoms with Gasteiger partial charge in [-0.2, -0.15) is 0 Å². The lowest BCUT2D eigenvalue weighted by atomic mass is 9.97. The molecule has 0 unspecified atom stereocenters. The topological polar surface area (TPSA) is 70.9 Å². The van der Waals surface area contributed by atoms with Crippen molar-refractivity contribution in [3.8, 4) is 0 Å². The molecule has 1 aromatic heterocycles. The fraction of sp³-hybridized carbons (Fsp3) is 0.800. The lowest BCUT2D eigenvalue weighted by Gasteiger charge is -2.26. The predicted octanol–water partition coefficient (Wildman–Crippen LogP) is 0.987. The van der Waals surface area contributed by atoms with E-state index in [2.05, 4.69) is 10.2 Å². The van der Waals surface area contributed by atoms with Gasteiger partial charge in [-0.1, -0.05) is 24.6 Å². The van der Waals surface area contributed by atoms with Gasteiger partial charge in [0, 0.05) is 11.8 Å². The van der Waals surface area contributed by atoms with E-state index in [1.54, 1.807) is 4.57 Å². The first-order valence-corrected chi connectivity index (χ1v) is 6.60. The van der Waals surface area contributed by atoms with Gasteiger partial charge in [0.05, 0.1) is 6.10 Å². The van der Waals surface area contributed by atoms with E-state index in [1.165, 1.54) is 11.8 Å². The Labute approximate surface area is 98.3 Å². The van der Waals surface area contributed by atoms with Crippen molar-refractivity contribution < 1.29 is 5.11 Å². The lowest BCUT2D eigenvalue weighted by molar-refractivity contribution is 0.137. The summed E-state index contributed by atoms with van der Waals surface area (Å²) in [5, 5.41) is 17.2. The molecule has 0 aromatic carbocycles. The molecule has 1 aliphatic carbocycles. The van der Waals surface area contributed by atoms with Crippen molar-refractivity contribution in [2.24, 2.45) is 0 Å². The van der Waals surface area contributed by atoms with Gasteiger partial charge in [0.25, 0.3) is 0 Å². The summed E-state index contributed by atoms with van der Waals surface area (Å²) in [6, 6.07) is 0. The van der Waals surface area contributed by atoms with Crippen LogP contribution in [0, 0.1) is 0 Å². The molecule has 1 heterocycles. The molecule has 2 atom stereocenters. The van der Waals surface area contributed by atoms with E-state index in [0.29, 0.717) is 11.7 Å². The Morgan fingerprint density at radius 2 is 2.31 bits per heavy atom. The fourth-order valence-electron chi connectivity index (χ4n) is 2.02. The van der Waals surface area contributed by atoms with E-state index in [-0.39, 0.29) is 17.0 Å². The molecule has 0 bridgehead atoms. The predicted molar refractivity (Wildman–Crippen MR) is 62.6 cm³/mol. The number of nitrogens with one attached hydrogen (secondary N) is 1. The summed E-state index contributed by atoms with van der Waals surface area (Å²) in [5.41, 5.74) is -0.171. The molecule has 1 aliphatic rings. The van der Waals surface area contributed by atoms with Gasteiger partial charge in [-0.15, -0.1) is 5.10 Å². The van der Waals surface area contributed by atoms with Crippen LogP contribution in [-0.2, 0) is 6.54 Å². The molecule has 0 amide bonds. The van der Waals surface area contributed by atoms with Crippen LogP contribution in [0.5, 0.6) is 0 Å². The number of aromatic nitrogens is 3. The summed E-state index contributed by atoms with van der Waals surface area (Å²) in [6.45, 7) is 2.53. The van der Waals surface area contributed by atoms with Crippen LogP contribution >= 0.6 is 11.8 Å². The van der Waals surface area contributed by atoms with Gasteiger partial charge in [0.1, 0.15) is 0 Å². The van der Waals surface area contributed by atoms with Crippen LogP contribution in [0.1, 0.15) is 32.6 Å². The lowest BCUT2D eigenvalue weighted by Crippen LogP contribution is -2.27. The van der Waals surface area contributed by atoms with Gasteiger partial charge in [0.15, 0.2) is 5.16 Å². The molecule has 1 aromatic rings. The first-order valence-electron chi connectivity index (χ1n) is 5.72. The summed E-state index contributed by atoms with van der Waals surface area (Å²) in [7, 11) is 0. The Balaban J connectivity index is 2.10. The molecule has 0 aliphatic heterocycles. The molecule has 2 N–H and O–H groups in total. The van der Waals surface area contributed by atoms with Crippen molar-refractivity contribution in [2.45, 2.75) is 55.7 Å². The van der Waals surface area contributed by atoms with Crippen LogP contribution in [0.4, 0.5) is 0 Å². The SMILES string of the molecule is CCn1c(S[C@H]2CCCC[C@@H]2O)n[nH]c1=O. The average Bonchev–Trinajstić information content (AvgIpc) is 2.63. The quantitative estimate of drug-likeness (QED) is 0.830. The molecule has 90 valence electrons. The number of aliphatic hydroxyl groups excluding tert-OH is 1. The first-order chi connectivity index (χ1) is 7.72. The third-order valence-electron chi connectivity index (χ3n) is 2.96. The van der Waals surface area contributed by atoms with Gasteiger partial charge in [-0.3, -0.25) is 4.57 Å². The van der Waals surface area contributed by atoms with E-state index < -0.39 is 0 Å². The Hall–Kier alpha value is -0.750. The molecule has 2 rings (SSSR count). The van der Waals surface area contributed by atoms with Crippen molar-refractivity contribution in [2.75, 3.05) is 0 Å². The molecule has 0 spiro atoms. The molecule has 0 saturated heterocycles. The molecular formula is C10H17N3O2S. The number of thioether (sulfide) groups is 1. The minimum Gasteiger partial charge on any atom is -0.392 e. The summed E-state index contributed by atoms with van der Waals surface area (Å²) in [5.74, 6) is 0. The van der Waals surface area contributed by atoms with Gasteiger partial charge in [-0.05, 0) is 19.8 Å². The molecule has 0 radical (unpaired) electrons. The Bertz CT molecular complexity index is 401. The maximum atomic E-state index is 11.4. The third-order valence-corrected chi connectivity index (χ3v) is 4.34. The molecular weight excluding hydrogens is 226 g/mol. The minimum absolute atomic E-state index is 0.171. The third kappa shape index (κ3) is 2.32. The maximum absolute atomic E-state index is 11.4. The second-order valence-electron chi connectivity index (χ2n) is 4.06. The summed E-state index contributed by atoms with van der Waals surface area (Å²) < 4.78 is 1.60. The van der Waals surface area contributed by atoms with Gasteiger partial charge in [0.2, 0.25) is 0 Å². The van der Waals surface area contributed by atoms with Crippen LogP contribution in [-0.4, -0.2) is 31.2 Å². The highest BCUT2D eigenvalue weighted by Crippen LogP contribution is 2.32. The number of aromatic amines is 1. The van der Waals surface area contributed by atoms with E-state index in [1.807, 2.05) is 6.92 Å². The molecule has 1 saturated carbocycles. The second-order valence-corrected chi connectivity index (χ2v) is 5.27. The van der Waals surface area contributed by atoms with Crippen LogP contribution in [0.15, 0.2) is 9.95 Å². The smallest absolute Gasteiger partial charge is 0.343 e. The highest BCUT2D eigenvalue weighted by Gasteiger charge is 2.25. The number of nitrogens with zero attached hydrogens (tertiary/aromatic N) is 2. The van der Waals surface area contributed by atoms with Gasteiger partial charge in [-0.25, -0.2) is 9.89 Å². The fourth-order valence-corrected chi connectivity index (χ4v) is 3.31. The summed E-state index contributed by atoms with van der Waals surface area (Å²) in [4.78, 5) is 11.4. The van der Waals surface area contributed by atoms with Gasteiger partial charge >= 0.3 is 5.69 Å². The highest BCUT2D eigenvalue weighted by atomic mass is 32.2. The second kappa shape index (κ2) is 5.05. The van der Waals surface area contributed by atoms with Crippen LogP contribution < -0.4 is 5.69 Å². The summed E-state index contributed by atoms with van der Waals surface area (Å²) in [6.07, 6.45) is 3.83. The van der Waals surface area contributed by atoms with Crippen LogP contribution in [0.25, 0.3) is 0 Å². The first kappa shape index (κ1) is 11.7. The molecule has 6 heteroatoms.